The van der Waals surface area contributed by atoms with Crippen LogP contribution in [-0.4, -0.2) is 12.3 Å². The largest absolute Gasteiger partial charge is 0.453 e. The van der Waals surface area contributed by atoms with Gasteiger partial charge in [-0.3, -0.25) is 4.79 Å². The highest BCUT2D eigenvalue weighted by atomic mass is 16.3. The van der Waals surface area contributed by atoms with E-state index in [4.69, 9.17) is 4.42 Å². The van der Waals surface area contributed by atoms with Gasteiger partial charge in [-0.15, -0.1) is 0 Å². The van der Waals surface area contributed by atoms with E-state index in [1.807, 2.05) is 42.5 Å². The lowest BCUT2D eigenvalue weighted by Gasteiger charge is -2.02. The normalized spacial score (nSPS) is 13.2. The molecule has 0 radical (unpaired) electrons. The van der Waals surface area contributed by atoms with Gasteiger partial charge in [-0.2, -0.15) is 0 Å². The first-order valence-electron chi connectivity index (χ1n) is 6.71. The van der Waals surface area contributed by atoms with Crippen LogP contribution in [0.15, 0.2) is 52.9 Å². The number of carbonyl (C=O) groups is 1. The maximum atomic E-state index is 12.5. The van der Waals surface area contributed by atoms with Crippen molar-refractivity contribution >= 4 is 22.4 Å². The van der Waals surface area contributed by atoms with Gasteiger partial charge in [0, 0.05) is 23.2 Å². The smallest absolute Gasteiger partial charge is 0.228 e. The fourth-order valence-corrected chi connectivity index (χ4v) is 2.67. The van der Waals surface area contributed by atoms with Crippen molar-refractivity contribution in [3.05, 3.63) is 65.4 Å². The molecule has 20 heavy (non-hydrogen) atoms. The molecule has 1 aliphatic heterocycles. The van der Waals surface area contributed by atoms with Crippen LogP contribution >= 0.6 is 0 Å². The minimum Gasteiger partial charge on any atom is -0.453 e. The number of hydrogen-bond acceptors (Lipinski definition) is 3. The van der Waals surface area contributed by atoms with Crippen LogP contribution in [0.3, 0.4) is 0 Å². The van der Waals surface area contributed by atoms with E-state index in [2.05, 4.69) is 5.32 Å². The van der Waals surface area contributed by atoms with Crippen LogP contribution in [-0.2, 0) is 6.42 Å². The summed E-state index contributed by atoms with van der Waals surface area (Å²) in [5.74, 6) is 0.321. The Bertz CT molecular complexity index is 784. The monoisotopic (exact) mass is 263 g/mol. The van der Waals surface area contributed by atoms with Crippen molar-refractivity contribution in [1.82, 2.24) is 0 Å². The van der Waals surface area contributed by atoms with Crippen molar-refractivity contribution < 1.29 is 9.21 Å². The molecule has 98 valence electrons. The van der Waals surface area contributed by atoms with E-state index in [9.17, 15) is 4.79 Å². The number of benzene rings is 2. The lowest BCUT2D eigenvalue weighted by molar-refractivity contribution is 0.101. The Morgan fingerprint density at radius 3 is 2.90 bits per heavy atom. The Morgan fingerprint density at radius 2 is 2.00 bits per heavy atom. The third-order valence-corrected chi connectivity index (χ3v) is 3.73. The van der Waals surface area contributed by atoms with Crippen LogP contribution in [0.4, 0.5) is 5.69 Å². The SMILES string of the molecule is O=C(c1ccc2c(c1)NCC2)c1cc2ccccc2o1. The van der Waals surface area contributed by atoms with Gasteiger partial charge in [-0.25, -0.2) is 0 Å². The molecule has 3 nitrogen and oxygen atoms in total. The molecule has 0 atom stereocenters. The molecule has 0 fully saturated rings. The van der Waals surface area contributed by atoms with E-state index in [0.29, 0.717) is 11.3 Å². The van der Waals surface area contributed by atoms with E-state index >= 15 is 0 Å². The highest BCUT2D eigenvalue weighted by molar-refractivity contribution is 6.09. The molecule has 0 amide bonds. The average molecular weight is 263 g/mol. The predicted molar refractivity (Wildman–Crippen MR) is 78.3 cm³/mol. The lowest BCUT2D eigenvalue weighted by atomic mass is 10.0. The molecule has 1 aromatic heterocycles. The fraction of sp³-hybridized carbons (Fsp3) is 0.118. The number of ketones is 1. The maximum Gasteiger partial charge on any atom is 0.228 e. The molecule has 2 aromatic carbocycles. The van der Waals surface area contributed by atoms with E-state index in [1.165, 1.54) is 5.56 Å². The van der Waals surface area contributed by atoms with Gasteiger partial charge >= 0.3 is 0 Å². The number of rotatable bonds is 2. The molecular formula is C17H13NO2. The standard InChI is InChI=1S/C17H13NO2/c19-17(13-6-5-11-7-8-18-14(11)9-13)16-10-12-3-1-2-4-15(12)20-16/h1-6,9-10,18H,7-8H2. The summed E-state index contributed by atoms with van der Waals surface area (Å²) >= 11 is 0. The molecular weight excluding hydrogens is 250 g/mol. The quantitative estimate of drug-likeness (QED) is 0.718. The Morgan fingerprint density at radius 1 is 1.10 bits per heavy atom. The molecule has 0 unspecified atom stereocenters. The molecule has 0 bridgehead atoms. The molecule has 0 aliphatic carbocycles. The Labute approximate surface area is 116 Å². The van der Waals surface area contributed by atoms with Crippen molar-refractivity contribution in [2.75, 3.05) is 11.9 Å². The minimum absolute atomic E-state index is 0.0716. The summed E-state index contributed by atoms with van der Waals surface area (Å²) < 4.78 is 5.63. The number of carbonyl (C=O) groups excluding carboxylic acids is 1. The Kier molecular flexibility index (Phi) is 2.39. The molecule has 1 N–H and O–H groups in total. The molecule has 3 aromatic rings. The average Bonchev–Trinajstić information content (AvgIpc) is 3.11. The summed E-state index contributed by atoms with van der Waals surface area (Å²) in [6.45, 7) is 0.942. The predicted octanol–water partition coefficient (Wildman–Crippen LogP) is 3.63. The van der Waals surface area contributed by atoms with Crippen molar-refractivity contribution in [3.63, 3.8) is 0 Å². The summed E-state index contributed by atoms with van der Waals surface area (Å²) in [5.41, 5.74) is 3.74. The summed E-state index contributed by atoms with van der Waals surface area (Å²) in [6, 6.07) is 15.3. The zero-order valence-corrected chi connectivity index (χ0v) is 10.8. The highest BCUT2D eigenvalue weighted by Gasteiger charge is 2.17. The molecule has 0 saturated heterocycles. The van der Waals surface area contributed by atoms with Crippen molar-refractivity contribution in [2.24, 2.45) is 0 Å². The fourth-order valence-electron chi connectivity index (χ4n) is 2.67. The van der Waals surface area contributed by atoms with Gasteiger partial charge in [-0.1, -0.05) is 30.3 Å². The number of furan rings is 1. The number of hydrogen-bond donors (Lipinski definition) is 1. The van der Waals surface area contributed by atoms with Gasteiger partial charge in [-0.05, 0) is 30.2 Å². The second-order valence-corrected chi connectivity index (χ2v) is 5.03. The molecule has 3 heteroatoms. The summed E-state index contributed by atoms with van der Waals surface area (Å²) in [7, 11) is 0. The third-order valence-electron chi connectivity index (χ3n) is 3.73. The van der Waals surface area contributed by atoms with E-state index < -0.39 is 0 Å². The number of nitrogens with one attached hydrogen (secondary N) is 1. The molecule has 1 aliphatic rings. The summed E-state index contributed by atoms with van der Waals surface area (Å²) in [4.78, 5) is 12.5. The van der Waals surface area contributed by atoms with E-state index in [0.717, 1.165) is 29.6 Å². The van der Waals surface area contributed by atoms with Crippen molar-refractivity contribution in [3.8, 4) is 0 Å². The topological polar surface area (TPSA) is 42.2 Å². The Balaban J connectivity index is 1.76. The third kappa shape index (κ3) is 1.71. The molecule has 2 heterocycles. The molecule has 4 rings (SSSR count). The highest BCUT2D eigenvalue weighted by Crippen LogP contribution is 2.26. The molecule has 0 saturated carbocycles. The van der Waals surface area contributed by atoms with Gasteiger partial charge in [0.15, 0.2) is 5.76 Å². The maximum absolute atomic E-state index is 12.5. The van der Waals surface area contributed by atoms with Gasteiger partial charge in [0.05, 0.1) is 0 Å². The van der Waals surface area contributed by atoms with Crippen LogP contribution in [0.1, 0.15) is 21.7 Å². The number of anilines is 1. The van der Waals surface area contributed by atoms with Crippen LogP contribution < -0.4 is 5.32 Å². The van der Waals surface area contributed by atoms with E-state index in [1.54, 1.807) is 6.07 Å². The summed E-state index contributed by atoms with van der Waals surface area (Å²) in [6.07, 6.45) is 1.02. The first-order chi connectivity index (χ1) is 9.81. The Hall–Kier alpha value is -2.55. The van der Waals surface area contributed by atoms with Crippen LogP contribution in [0.2, 0.25) is 0 Å². The first kappa shape index (κ1) is 11.3. The zero-order chi connectivity index (χ0) is 13.5. The second-order valence-electron chi connectivity index (χ2n) is 5.03. The van der Waals surface area contributed by atoms with Crippen molar-refractivity contribution in [2.45, 2.75) is 6.42 Å². The lowest BCUT2D eigenvalue weighted by Crippen LogP contribution is -2.00. The van der Waals surface area contributed by atoms with Crippen LogP contribution in [0.25, 0.3) is 11.0 Å². The van der Waals surface area contributed by atoms with Crippen LogP contribution in [0, 0.1) is 0 Å². The van der Waals surface area contributed by atoms with Gasteiger partial charge in [0.1, 0.15) is 5.58 Å². The second kappa shape index (κ2) is 4.23. The van der Waals surface area contributed by atoms with E-state index in [-0.39, 0.29) is 5.78 Å². The van der Waals surface area contributed by atoms with Crippen molar-refractivity contribution in [1.29, 1.82) is 0 Å². The number of para-hydroxylation sites is 1. The van der Waals surface area contributed by atoms with Gasteiger partial charge in [0.2, 0.25) is 5.78 Å². The van der Waals surface area contributed by atoms with Crippen LogP contribution in [0.5, 0.6) is 0 Å². The number of fused-ring (bicyclic) bond motifs is 2. The van der Waals surface area contributed by atoms with Gasteiger partial charge in [0.25, 0.3) is 0 Å². The summed E-state index contributed by atoms with van der Waals surface area (Å²) in [5, 5.41) is 4.24. The molecule has 0 spiro atoms. The minimum atomic E-state index is -0.0716. The van der Waals surface area contributed by atoms with Gasteiger partial charge < -0.3 is 9.73 Å². The zero-order valence-electron chi connectivity index (χ0n) is 10.8. The first-order valence-corrected chi connectivity index (χ1v) is 6.71.